The van der Waals surface area contributed by atoms with Crippen LogP contribution in [0.25, 0.3) is 0 Å². The van der Waals surface area contributed by atoms with Crippen molar-refractivity contribution in [3.8, 4) is 11.5 Å². The van der Waals surface area contributed by atoms with Gasteiger partial charge in [0.05, 0.1) is 31.2 Å². The number of nitrogens with zero attached hydrogens (tertiary/aromatic N) is 2. The molecule has 0 aliphatic heterocycles. The van der Waals surface area contributed by atoms with Gasteiger partial charge in [0.1, 0.15) is 24.1 Å². The van der Waals surface area contributed by atoms with Gasteiger partial charge in [-0.25, -0.2) is 8.42 Å². The summed E-state index contributed by atoms with van der Waals surface area (Å²) < 4.78 is 37.5. The molecule has 3 aromatic rings. The van der Waals surface area contributed by atoms with E-state index in [0.717, 1.165) is 21.7 Å². The van der Waals surface area contributed by atoms with E-state index in [1.807, 2.05) is 50.2 Å². The van der Waals surface area contributed by atoms with Crippen LogP contribution in [-0.2, 0) is 32.6 Å². The molecule has 9 nitrogen and oxygen atoms in total. The van der Waals surface area contributed by atoms with E-state index in [4.69, 9.17) is 21.1 Å². The van der Waals surface area contributed by atoms with Crippen molar-refractivity contribution in [1.82, 2.24) is 10.2 Å². The molecule has 0 aliphatic rings. The molecule has 1 atom stereocenters. The van der Waals surface area contributed by atoms with Gasteiger partial charge in [-0.05, 0) is 47.4 Å². The molecular weight excluding hydrogens is 578 g/mol. The van der Waals surface area contributed by atoms with Crippen molar-refractivity contribution >= 4 is 39.1 Å². The number of carbonyl (C=O) groups excluding carboxylic acids is 2. The molecule has 3 aromatic carbocycles. The maximum atomic E-state index is 14.2. The Morgan fingerprint density at radius 3 is 2.21 bits per heavy atom. The number of sulfonamides is 1. The largest absolute Gasteiger partial charge is 0.497 e. The van der Waals surface area contributed by atoms with E-state index in [9.17, 15) is 18.0 Å². The quantitative estimate of drug-likeness (QED) is 0.286. The molecule has 0 heterocycles. The van der Waals surface area contributed by atoms with Gasteiger partial charge in [0.25, 0.3) is 0 Å². The number of benzene rings is 3. The van der Waals surface area contributed by atoms with Crippen molar-refractivity contribution in [2.24, 2.45) is 5.92 Å². The fourth-order valence-electron chi connectivity index (χ4n) is 4.37. The van der Waals surface area contributed by atoms with Crippen molar-refractivity contribution in [3.05, 3.63) is 88.9 Å². The Balaban J connectivity index is 2.07. The number of nitrogens with one attached hydrogen (secondary N) is 1. The highest BCUT2D eigenvalue weighted by Crippen LogP contribution is 2.30. The Morgan fingerprint density at radius 1 is 0.929 bits per heavy atom. The second-order valence-electron chi connectivity index (χ2n) is 10.3. The Labute approximate surface area is 253 Å². The first-order valence-corrected chi connectivity index (χ1v) is 15.7. The highest BCUT2D eigenvalue weighted by atomic mass is 35.5. The van der Waals surface area contributed by atoms with Crippen LogP contribution in [0.4, 0.5) is 5.69 Å². The molecule has 0 radical (unpaired) electrons. The first-order chi connectivity index (χ1) is 19.9. The van der Waals surface area contributed by atoms with E-state index in [0.29, 0.717) is 18.0 Å². The summed E-state index contributed by atoms with van der Waals surface area (Å²) in [5.74, 6) is 0.256. The highest BCUT2D eigenvalue weighted by molar-refractivity contribution is 7.92. The predicted octanol–water partition coefficient (Wildman–Crippen LogP) is 4.54. The topological polar surface area (TPSA) is 105 Å². The fourth-order valence-corrected chi connectivity index (χ4v) is 5.46. The molecule has 1 N–H and O–H groups in total. The second-order valence-corrected chi connectivity index (χ2v) is 12.6. The van der Waals surface area contributed by atoms with Crippen LogP contribution in [0.2, 0.25) is 5.02 Å². The van der Waals surface area contributed by atoms with Gasteiger partial charge >= 0.3 is 0 Å². The second kappa shape index (κ2) is 14.9. The van der Waals surface area contributed by atoms with Gasteiger partial charge in [-0.2, -0.15) is 0 Å². The number of carbonyl (C=O) groups is 2. The van der Waals surface area contributed by atoms with Crippen LogP contribution in [-0.4, -0.2) is 64.7 Å². The first-order valence-electron chi connectivity index (χ1n) is 13.5. The summed E-state index contributed by atoms with van der Waals surface area (Å²) in [5.41, 5.74) is 1.77. The summed E-state index contributed by atoms with van der Waals surface area (Å²) in [6, 6.07) is 20.1. The summed E-state index contributed by atoms with van der Waals surface area (Å²) in [4.78, 5) is 29.3. The minimum absolute atomic E-state index is 0.0452. The molecule has 42 heavy (non-hydrogen) atoms. The Bertz CT molecular complexity index is 1470. The van der Waals surface area contributed by atoms with Crippen LogP contribution in [0, 0.1) is 5.92 Å². The molecule has 3 rings (SSSR count). The van der Waals surface area contributed by atoms with Crippen molar-refractivity contribution in [1.29, 1.82) is 0 Å². The van der Waals surface area contributed by atoms with Crippen LogP contribution >= 0.6 is 11.6 Å². The minimum atomic E-state index is -3.93. The first kappa shape index (κ1) is 32.8. The van der Waals surface area contributed by atoms with Crippen molar-refractivity contribution < 1.29 is 27.5 Å². The molecule has 0 aliphatic carbocycles. The lowest BCUT2D eigenvalue weighted by Gasteiger charge is -2.33. The Hall–Kier alpha value is -3.76. The molecule has 0 bridgehead atoms. The van der Waals surface area contributed by atoms with Crippen LogP contribution in [0.15, 0.2) is 72.8 Å². The average molecular weight is 616 g/mol. The monoisotopic (exact) mass is 615 g/mol. The minimum Gasteiger partial charge on any atom is -0.497 e. The van der Waals surface area contributed by atoms with Crippen LogP contribution in [0.5, 0.6) is 11.5 Å². The molecule has 0 saturated heterocycles. The number of halogens is 1. The standard InChI is InChI=1S/C31H38ClN3O6S/c1-22(2)19-33-31(37)28(17-23-10-7-6-8-11-23)34(20-24-12-9-13-26(16-24)40-3)30(36)21-35(42(5,38)39)25-14-15-29(41-4)27(32)18-25/h6-16,18,22,28H,17,19-21H2,1-5H3,(H,33,37)/t28-/m0/s1. The van der Waals surface area contributed by atoms with E-state index >= 15 is 0 Å². The van der Waals surface area contributed by atoms with Gasteiger partial charge < -0.3 is 19.7 Å². The van der Waals surface area contributed by atoms with Gasteiger partial charge in [-0.15, -0.1) is 0 Å². The maximum absolute atomic E-state index is 14.2. The summed E-state index contributed by atoms with van der Waals surface area (Å²) in [5, 5.41) is 3.15. The van der Waals surface area contributed by atoms with E-state index in [2.05, 4.69) is 5.32 Å². The molecule has 0 saturated carbocycles. The molecular formula is C31H38ClN3O6S. The number of hydrogen-bond donors (Lipinski definition) is 1. The zero-order valence-electron chi connectivity index (χ0n) is 24.5. The van der Waals surface area contributed by atoms with Crippen LogP contribution < -0.4 is 19.1 Å². The molecule has 0 spiro atoms. The summed E-state index contributed by atoms with van der Waals surface area (Å²) in [6.07, 6.45) is 1.25. The molecule has 0 fully saturated rings. The molecule has 0 aromatic heterocycles. The third-order valence-corrected chi connectivity index (χ3v) is 7.98. The fraction of sp³-hybridized carbons (Fsp3) is 0.355. The lowest BCUT2D eigenvalue weighted by molar-refractivity contribution is -0.140. The third kappa shape index (κ3) is 9.12. The van der Waals surface area contributed by atoms with Gasteiger partial charge in [0.2, 0.25) is 21.8 Å². The average Bonchev–Trinajstić information content (AvgIpc) is 2.96. The lowest BCUT2D eigenvalue weighted by atomic mass is 10.0. The van der Waals surface area contributed by atoms with E-state index < -0.39 is 28.5 Å². The van der Waals surface area contributed by atoms with Crippen LogP contribution in [0.1, 0.15) is 25.0 Å². The van der Waals surface area contributed by atoms with Crippen molar-refractivity contribution in [2.75, 3.05) is 37.9 Å². The third-order valence-electron chi connectivity index (χ3n) is 6.55. The number of anilines is 1. The molecule has 226 valence electrons. The zero-order chi connectivity index (χ0) is 30.9. The SMILES string of the molecule is COc1cccc(CN(C(=O)CN(c2ccc(OC)c(Cl)c2)S(C)(=O)=O)[C@@H](Cc2ccccc2)C(=O)NCC(C)C)c1. The van der Waals surface area contributed by atoms with Gasteiger partial charge in [0, 0.05) is 19.5 Å². The zero-order valence-corrected chi connectivity index (χ0v) is 26.1. The number of amides is 2. The number of ether oxygens (including phenoxy) is 2. The van der Waals surface area contributed by atoms with Crippen molar-refractivity contribution in [2.45, 2.75) is 32.9 Å². The Morgan fingerprint density at radius 2 is 1.62 bits per heavy atom. The summed E-state index contributed by atoms with van der Waals surface area (Å²) in [6.45, 7) is 3.88. The number of hydrogen-bond acceptors (Lipinski definition) is 6. The lowest BCUT2D eigenvalue weighted by Crippen LogP contribution is -2.53. The number of rotatable bonds is 14. The Kier molecular flexibility index (Phi) is 11.6. The molecule has 0 unspecified atom stereocenters. The van der Waals surface area contributed by atoms with Crippen molar-refractivity contribution in [3.63, 3.8) is 0 Å². The smallest absolute Gasteiger partial charge is 0.244 e. The normalized spacial score (nSPS) is 12.0. The highest BCUT2D eigenvalue weighted by Gasteiger charge is 2.33. The van der Waals surface area contributed by atoms with Gasteiger partial charge in [-0.1, -0.05) is 67.9 Å². The summed E-state index contributed by atoms with van der Waals surface area (Å²) >= 11 is 6.29. The summed E-state index contributed by atoms with van der Waals surface area (Å²) in [7, 11) is -0.931. The van der Waals surface area contributed by atoms with Crippen LogP contribution in [0.3, 0.4) is 0 Å². The molecule has 2 amide bonds. The number of methoxy groups -OCH3 is 2. The maximum Gasteiger partial charge on any atom is 0.244 e. The molecule has 11 heteroatoms. The van der Waals surface area contributed by atoms with E-state index in [1.54, 1.807) is 25.3 Å². The van der Waals surface area contributed by atoms with Gasteiger partial charge in [0.15, 0.2) is 0 Å². The van der Waals surface area contributed by atoms with E-state index in [-0.39, 0.29) is 35.5 Å². The predicted molar refractivity (Wildman–Crippen MR) is 166 cm³/mol. The van der Waals surface area contributed by atoms with E-state index in [1.165, 1.54) is 30.2 Å². The van der Waals surface area contributed by atoms with Gasteiger partial charge in [-0.3, -0.25) is 13.9 Å².